The molecule has 0 aliphatic rings. The summed E-state index contributed by atoms with van der Waals surface area (Å²) in [7, 11) is 0. The van der Waals surface area contributed by atoms with Gasteiger partial charge in [0.25, 0.3) is 0 Å². The molecule has 1 heterocycles. The molecule has 0 saturated carbocycles. The van der Waals surface area contributed by atoms with Crippen LogP contribution in [0.4, 0.5) is 0 Å². The van der Waals surface area contributed by atoms with Crippen molar-refractivity contribution in [1.29, 1.82) is 0 Å². The Morgan fingerprint density at radius 2 is 2.19 bits per heavy atom. The minimum absolute atomic E-state index is 0.500. The quantitative estimate of drug-likeness (QED) is 0.824. The summed E-state index contributed by atoms with van der Waals surface area (Å²) in [6.07, 6.45) is 2.03. The molecule has 0 fully saturated rings. The first-order valence-electron chi connectivity index (χ1n) is 5.45. The SMILES string of the molecule is CCCc1nc2ccccc2n1CC(N)=S. The number of aromatic nitrogens is 2. The number of imidazole rings is 1. The van der Waals surface area contributed by atoms with Crippen molar-refractivity contribution in [2.45, 2.75) is 26.3 Å². The summed E-state index contributed by atoms with van der Waals surface area (Å²) in [5.74, 6) is 1.07. The van der Waals surface area contributed by atoms with Gasteiger partial charge >= 0.3 is 0 Å². The number of benzene rings is 1. The zero-order chi connectivity index (χ0) is 11.5. The highest BCUT2D eigenvalue weighted by atomic mass is 32.1. The number of para-hydroxylation sites is 2. The highest BCUT2D eigenvalue weighted by molar-refractivity contribution is 7.80. The van der Waals surface area contributed by atoms with E-state index in [1.54, 1.807) is 0 Å². The van der Waals surface area contributed by atoms with E-state index in [9.17, 15) is 0 Å². The third kappa shape index (κ3) is 2.07. The molecule has 0 unspecified atom stereocenters. The third-order valence-electron chi connectivity index (χ3n) is 2.52. The van der Waals surface area contributed by atoms with E-state index in [1.165, 1.54) is 0 Å². The van der Waals surface area contributed by atoms with E-state index in [2.05, 4.69) is 22.5 Å². The van der Waals surface area contributed by atoms with Crippen LogP contribution in [-0.2, 0) is 13.0 Å². The number of hydrogen-bond acceptors (Lipinski definition) is 2. The molecule has 16 heavy (non-hydrogen) atoms. The second kappa shape index (κ2) is 4.61. The standard InChI is InChI=1S/C12H15N3S/c1-2-5-12-14-9-6-3-4-7-10(9)15(12)8-11(13)16/h3-4,6-7H,2,5,8H2,1H3,(H2,13,16). The second-order valence-corrected chi connectivity index (χ2v) is 4.34. The maximum absolute atomic E-state index is 5.62. The number of aryl methyl sites for hydroxylation is 1. The van der Waals surface area contributed by atoms with E-state index >= 15 is 0 Å². The summed E-state index contributed by atoms with van der Waals surface area (Å²) in [5, 5.41) is 0. The predicted octanol–water partition coefficient (Wildman–Crippen LogP) is 2.27. The molecule has 84 valence electrons. The number of thiocarbonyl (C=S) groups is 1. The van der Waals surface area contributed by atoms with Crippen LogP contribution in [0.2, 0.25) is 0 Å². The minimum atomic E-state index is 0.500. The monoisotopic (exact) mass is 233 g/mol. The molecule has 0 radical (unpaired) electrons. The van der Waals surface area contributed by atoms with E-state index < -0.39 is 0 Å². The Bertz CT molecular complexity index is 516. The summed E-state index contributed by atoms with van der Waals surface area (Å²) in [5.41, 5.74) is 7.75. The summed E-state index contributed by atoms with van der Waals surface area (Å²) in [6.45, 7) is 2.72. The molecule has 0 aliphatic heterocycles. The smallest absolute Gasteiger partial charge is 0.110 e. The van der Waals surface area contributed by atoms with Crippen LogP contribution in [0.15, 0.2) is 24.3 Å². The Morgan fingerprint density at radius 3 is 2.88 bits per heavy atom. The van der Waals surface area contributed by atoms with Crippen molar-refractivity contribution in [2.75, 3.05) is 0 Å². The van der Waals surface area contributed by atoms with E-state index in [1.807, 2.05) is 18.2 Å². The van der Waals surface area contributed by atoms with Crippen molar-refractivity contribution >= 4 is 28.2 Å². The second-order valence-electron chi connectivity index (χ2n) is 3.82. The van der Waals surface area contributed by atoms with Crippen molar-refractivity contribution in [3.8, 4) is 0 Å². The van der Waals surface area contributed by atoms with Crippen LogP contribution >= 0.6 is 12.2 Å². The average molecular weight is 233 g/mol. The number of rotatable bonds is 4. The minimum Gasteiger partial charge on any atom is -0.392 e. The first-order chi connectivity index (χ1) is 7.72. The fourth-order valence-electron chi connectivity index (χ4n) is 1.87. The van der Waals surface area contributed by atoms with E-state index in [0.29, 0.717) is 11.5 Å². The maximum Gasteiger partial charge on any atom is 0.110 e. The van der Waals surface area contributed by atoms with Crippen molar-refractivity contribution in [3.63, 3.8) is 0 Å². The number of hydrogen-bond donors (Lipinski definition) is 1. The van der Waals surface area contributed by atoms with Gasteiger partial charge in [-0.25, -0.2) is 4.98 Å². The van der Waals surface area contributed by atoms with Gasteiger partial charge in [0.1, 0.15) is 5.82 Å². The van der Waals surface area contributed by atoms with Gasteiger partial charge in [-0.2, -0.15) is 0 Å². The van der Waals surface area contributed by atoms with Crippen LogP contribution in [-0.4, -0.2) is 14.5 Å². The van der Waals surface area contributed by atoms with Crippen molar-refractivity contribution in [1.82, 2.24) is 9.55 Å². The summed E-state index contributed by atoms with van der Waals surface area (Å²) in [4.78, 5) is 5.10. The zero-order valence-corrected chi connectivity index (χ0v) is 10.1. The van der Waals surface area contributed by atoms with Crippen LogP contribution in [0.3, 0.4) is 0 Å². The van der Waals surface area contributed by atoms with E-state index in [4.69, 9.17) is 18.0 Å². The lowest BCUT2D eigenvalue weighted by Gasteiger charge is -2.06. The zero-order valence-electron chi connectivity index (χ0n) is 9.31. The molecule has 2 rings (SSSR count). The van der Waals surface area contributed by atoms with Gasteiger partial charge in [0, 0.05) is 6.42 Å². The van der Waals surface area contributed by atoms with E-state index in [0.717, 1.165) is 29.7 Å². The first kappa shape index (κ1) is 11.1. The van der Waals surface area contributed by atoms with E-state index in [-0.39, 0.29) is 0 Å². The first-order valence-corrected chi connectivity index (χ1v) is 5.85. The molecular weight excluding hydrogens is 218 g/mol. The Labute approximate surface area is 100 Å². The number of fused-ring (bicyclic) bond motifs is 1. The van der Waals surface area contributed by atoms with Crippen molar-refractivity contribution in [3.05, 3.63) is 30.1 Å². The molecule has 0 atom stereocenters. The topological polar surface area (TPSA) is 43.8 Å². The molecule has 0 aliphatic carbocycles. The van der Waals surface area contributed by atoms with Gasteiger partial charge in [-0.05, 0) is 18.6 Å². The predicted molar refractivity (Wildman–Crippen MR) is 70.5 cm³/mol. The highest BCUT2D eigenvalue weighted by Gasteiger charge is 2.09. The third-order valence-corrected chi connectivity index (χ3v) is 2.65. The molecule has 4 heteroatoms. The van der Waals surface area contributed by atoms with Gasteiger partial charge in [-0.15, -0.1) is 0 Å². The lowest BCUT2D eigenvalue weighted by atomic mass is 10.3. The van der Waals surface area contributed by atoms with Gasteiger partial charge in [-0.1, -0.05) is 31.3 Å². The van der Waals surface area contributed by atoms with Gasteiger partial charge in [-0.3, -0.25) is 0 Å². The Kier molecular flexibility index (Phi) is 3.19. The largest absolute Gasteiger partial charge is 0.392 e. The molecular formula is C12H15N3S. The Morgan fingerprint density at radius 1 is 1.44 bits per heavy atom. The molecule has 2 aromatic rings. The normalized spacial score (nSPS) is 10.8. The molecule has 0 spiro atoms. The molecule has 1 aromatic heterocycles. The fraction of sp³-hybridized carbons (Fsp3) is 0.333. The molecule has 2 N–H and O–H groups in total. The van der Waals surface area contributed by atoms with Crippen LogP contribution in [0.25, 0.3) is 11.0 Å². The average Bonchev–Trinajstić information content (AvgIpc) is 2.57. The molecule has 0 bridgehead atoms. The van der Waals surface area contributed by atoms with Gasteiger partial charge in [0.05, 0.1) is 22.6 Å². The molecule has 0 saturated heterocycles. The molecule has 0 amide bonds. The van der Waals surface area contributed by atoms with Crippen molar-refractivity contribution < 1.29 is 0 Å². The van der Waals surface area contributed by atoms with Gasteiger partial charge < -0.3 is 10.3 Å². The van der Waals surface area contributed by atoms with Crippen molar-refractivity contribution in [2.24, 2.45) is 5.73 Å². The molecule has 1 aromatic carbocycles. The number of nitrogens with zero attached hydrogens (tertiary/aromatic N) is 2. The lowest BCUT2D eigenvalue weighted by molar-refractivity contribution is 0.749. The van der Waals surface area contributed by atoms with Crippen LogP contribution < -0.4 is 5.73 Å². The Hall–Kier alpha value is -1.42. The lowest BCUT2D eigenvalue weighted by Crippen LogP contribution is -2.18. The summed E-state index contributed by atoms with van der Waals surface area (Å²) >= 11 is 4.98. The van der Waals surface area contributed by atoms with Crippen LogP contribution in [0, 0.1) is 0 Å². The number of nitrogens with two attached hydrogens (primary N) is 1. The molecule has 3 nitrogen and oxygen atoms in total. The van der Waals surface area contributed by atoms with Crippen LogP contribution in [0.5, 0.6) is 0 Å². The fourth-order valence-corrected chi connectivity index (χ4v) is 2.00. The maximum atomic E-state index is 5.62. The summed E-state index contributed by atoms with van der Waals surface area (Å²) < 4.78 is 2.11. The summed E-state index contributed by atoms with van der Waals surface area (Å²) in [6, 6.07) is 8.08. The highest BCUT2D eigenvalue weighted by Crippen LogP contribution is 2.16. The van der Waals surface area contributed by atoms with Gasteiger partial charge in [0.15, 0.2) is 0 Å². The Balaban J connectivity index is 2.54. The van der Waals surface area contributed by atoms with Crippen LogP contribution in [0.1, 0.15) is 19.2 Å². The van der Waals surface area contributed by atoms with Gasteiger partial charge in [0.2, 0.25) is 0 Å².